The van der Waals surface area contributed by atoms with Gasteiger partial charge in [-0.1, -0.05) is 26.2 Å². The van der Waals surface area contributed by atoms with Gasteiger partial charge in [0.15, 0.2) is 0 Å². The van der Waals surface area contributed by atoms with Crippen LogP contribution in [-0.2, 0) is 0 Å². The lowest BCUT2D eigenvalue weighted by molar-refractivity contribution is 0.147. The van der Waals surface area contributed by atoms with Crippen molar-refractivity contribution in [2.45, 2.75) is 52.0 Å². The van der Waals surface area contributed by atoms with Crippen LogP contribution in [0.4, 0.5) is 0 Å². The van der Waals surface area contributed by atoms with Gasteiger partial charge in [-0.3, -0.25) is 0 Å². The van der Waals surface area contributed by atoms with Gasteiger partial charge in [0.05, 0.1) is 0 Å². The largest absolute Gasteiger partial charge is 0.303 e. The van der Waals surface area contributed by atoms with E-state index < -0.39 is 0 Å². The molecule has 0 aromatic carbocycles. The monoisotopic (exact) mass is 181 g/mol. The molecule has 2 unspecified atom stereocenters. The summed E-state index contributed by atoms with van der Waals surface area (Å²) < 4.78 is 0. The van der Waals surface area contributed by atoms with E-state index in [0.29, 0.717) is 5.41 Å². The van der Waals surface area contributed by atoms with Gasteiger partial charge in [0, 0.05) is 12.6 Å². The Morgan fingerprint density at radius 2 is 1.69 bits per heavy atom. The van der Waals surface area contributed by atoms with Crippen molar-refractivity contribution >= 4 is 0 Å². The van der Waals surface area contributed by atoms with Crippen LogP contribution in [0, 0.1) is 11.3 Å². The van der Waals surface area contributed by atoms with Crippen molar-refractivity contribution in [1.82, 2.24) is 4.90 Å². The summed E-state index contributed by atoms with van der Waals surface area (Å²) in [6, 6.07) is 0.804. The lowest BCUT2D eigenvalue weighted by atomic mass is 9.67. The fourth-order valence-electron chi connectivity index (χ4n) is 3.55. The summed E-state index contributed by atoms with van der Waals surface area (Å²) in [5, 5.41) is 0. The number of rotatable bonds is 0. The highest BCUT2D eigenvalue weighted by molar-refractivity contribution is 4.99. The first-order valence-electron chi connectivity index (χ1n) is 5.86. The van der Waals surface area contributed by atoms with Gasteiger partial charge >= 0.3 is 0 Å². The number of hydrogen-bond donors (Lipinski definition) is 0. The second kappa shape index (κ2) is 3.27. The topological polar surface area (TPSA) is 3.24 Å². The molecule has 2 fully saturated rings. The molecule has 0 bridgehead atoms. The van der Waals surface area contributed by atoms with Crippen LogP contribution in [0.1, 0.15) is 46.0 Å². The van der Waals surface area contributed by atoms with E-state index in [4.69, 9.17) is 0 Å². The Hall–Kier alpha value is -0.0400. The van der Waals surface area contributed by atoms with Gasteiger partial charge in [0.2, 0.25) is 0 Å². The third-order valence-corrected chi connectivity index (χ3v) is 4.80. The van der Waals surface area contributed by atoms with Crippen LogP contribution in [0.25, 0.3) is 0 Å². The normalized spacial score (nSPS) is 39.9. The van der Waals surface area contributed by atoms with Gasteiger partial charge in [0.1, 0.15) is 0 Å². The molecule has 76 valence electrons. The molecule has 0 radical (unpaired) electrons. The minimum atomic E-state index is 0.701. The zero-order valence-electron chi connectivity index (χ0n) is 9.34. The summed E-state index contributed by atoms with van der Waals surface area (Å²) in [7, 11) is 2.30. The number of likely N-dealkylation sites (tertiary alicyclic amines) is 1. The van der Waals surface area contributed by atoms with E-state index >= 15 is 0 Å². The molecule has 2 atom stereocenters. The summed E-state index contributed by atoms with van der Waals surface area (Å²) >= 11 is 0. The molecule has 0 aromatic heterocycles. The molecule has 2 rings (SSSR count). The second-order valence-electron chi connectivity index (χ2n) is 5.37. The molecular weight excluding hydrogens is 158 g/mol. The number of nitrogens with zero attached hydrogens (tertiary/aromatic N) is 1. The van der Waals surface area contributed by atoms with E-state index in [1.807, 2.05) is 0 Å². The van der Waals surface area contributed by atoms with E-state index in [1.165, 1.54) is 38.6 Å². The van der Waals surface area contributed by atoms with Gasteiger partial charge in [-0.2, -0.15) is 0 Å². The molecule has 0 aromatic rings. The first-order valence-corrected chi connectivity index (χ1v) is 5.86. The Labute approximate surface area is 82.5 Å². The SMILES string of the molecule is CC1C(C)C2(CCCCC2)CN1C. The lowest BCUT2D eigenvalue weighted by Gasteiger charge is -2.37. The predicted octanol–water partition coefficient (Wildman–Crippen LogP) is 2.91. The predicted molar refractivity (Wildman–Crippen MR) is 56.8 cm³/mol. The maximum atomic E-state index is 2.57. The second-order valence-corrected chi connectivity index (χ2v) is 5.37. The Bertz CT molecular complexity index is 182. The molecule has 1 saturated heterocycles. The summed E-state index contributed by atoms with van der Waals surface area (Å²) in [5.74, 6) is 0.915. The van der Waals surface area contributed by atoms with Crippen LogP contribution in [-0.4, -0.2) is 24.5 Å². The average molecular weight is 181 g/mol. The highest BCUT2D eigenvalue weighted by Crippen LogP contribution is 2.49. The molecule has 1 aliphatic carbocycles. The Morgan fingerprint density at radius 3 is 2.15 bits per heavy atom. The number of hydrogen-bond acceptors (Lipinski definition) is 1. The Kier molecular flexibility index (Phi) is 2.39. The van der Waals surface area contributed by atoms with Gasteiger partial charge < -0.3 is 4.90 Å². The van der Waals surface area contributed by atoms with E-state index in [2.05, 4.69) is 25.8 Å². The third kappa shape index (κ3) is 1.41. The quantitative estimate of drug-likeness (QED) is 0.555. The molecule has 1 aliphatic heterocycles. The molecule has 1 saturated carbocycles. The zero-order chi connectivity index (χ0) is 9.47. The fourth-order valence-corrected chi connectivity index (χ4v) is 3.55. The minimum Gasteiger partial charge on any atom is -0.303 e. The fraction of sp³-hybridized carbons (Fsp3) is 1.00. The summed E-state index contributed by atoms with van der Waals surface area (Å²) in [6.07, 6.45) is 7.41. The van der Waals surface area contributed by atoms with Crippen molar-refractivity contribution in [3.8, 4) is 0 Å². The van der Waals surface area contributed by atoms with Gasteiger partial charge in [-0.15, -0.1) is 0 Å². The van der Waals surface area contributed by atoms with Crippen molar-refractivity contribution in [3.63, 3.8) is 0 Å². The molecule has 1 heteroatoms. The van der Waals surface area contributed by atoms with Crippen LogP contribution >= 0.6 is 0 Å². The van der Waals surface area contributed by atoms with Crippen molar-refractivity contribution in [1.29, 1.82) is 0 Å². The highest BCUT2D eigenvalue weighted by atomic mass is 15.2. The van der Waals surface area contributed by atoms with Crippen LogP contribution in [0.15, 0.2) is 0 Å². The van der Waals surface area contributed by atoms with Crippen LogP contribution in [0.3, 0.4) is 0 Å². The standard InChI is InChI=1S/C12H23N/c1-10-11(2)13(3)9-12(10)7-5-4-6-8-12/h10-11H,4-9H2,1-3H3. The molecule has 13 heavy (non-hydrogen) atoms. The van der Waals surface area contributed by atoms with Crippen molar-refractivity contribution in [2.75, 3.05) is 13.6 Å². The third-order valence-electron chi connectivity index (χ3n) is 4.80. The van der Waals surface area contributed by atoms with E-state index in [9.17, 15) is 0 Å². The Morgan fingerprint density at radius 1 is 1.08 bits per heavy atom. The molecule has 1 spiro atoms. The lowest BCUT2D eigenvalue weighted by Crippen LogP contribution is -2.31. The maximum Gasteiger partial charge on any atom is 0.00955 e. The molecular formula is C12H23N. The average Bonchev–Trinajstić information content (AvgIpc) is 2.33. The summed E-state index contributed by atoms with van der Waals surface area (Å²) in [6.45, 7) is 6.23. The first-order chi connectivity index (χ1) is 6.16. The van der Waals surface area contributed by atoms with Gasteiger partial charge in [-0.05, 0) is 38.1 Å². The molecule has 2 aliphatic rings. The van der Waals surface area contributed by atoms with Crippen molar-refractivity contribution < 1.29 is 0 Å². The molecule has 1 nitrogen and oxygen atoms in total. The zero-order valence-corrected chi connectivity index (χ0v) is 9.34. The first kappa shape index (κ1) is 9.51. The van der Waals surface area contributed by atoms with Gasteiger partial charge in [-0.25, -0.2) is 0 Å². The van der Waals surface area contributed by atoms with Crippen LogP contribution in [0.5, 0.6) is 0 Å². The smallest absolute Gasteiger partial charge is 0.00955 e. The summed E-state index contributed by atoms with van der Waals surface area (Å²) in [5.41, 5.74) is 0.701. The van der Waals surface area contributed by atoms with Crippen molar-refractivity contribution in [2.24, 2.45) is 11.3 Å². The van der Waals surface area contributed by atoms with E-state index in [-0.39, 0.29) is 0 Å². The summed E-state index contributed by atoms with van der Waals surface area (Å²) in [4.78, 5) is 2.57. The van der Waals surface area contributed by atoms with Crippen LogP contribution in [0.2, 0.25) is 0 Å². The highest BCUT2D eigenvalue weighted by Gasteiger charge is 2.46. The maximum absolute atomic E-state index is 2.57. The van der Waals surface area contributed by atoms with Crippen LogP contribution < -0.4 is 0 Å². The Balaban J connectivity index is 2.13. The van der Waals surface area contributed by atoms with Gasteiger partial charge in [0.25, 0.3) is 0 Å². The molecule has 1 heterocycles. The van der Waals surface area contributed by atoms with Crippen molar-refractivity contribution in [3.05, 3.63) is 0 Å². The van der Waals surface area contributed by atoms with E-state index in [1.54, 1.807) is 0 Å². The minimum absolute atomic E-state index is 0.701. The molecule has 0 N–H and O–H groups in total. The molecule has 0 amide bonds. The van der Waals surface area contributed by atoms with E-state index in [0.717, 1.165) is 12.0 Å².